The molecule has 3 rings (SSSR count). The fourth-order valence-electron chi connectivity index (χ4n) is 2.91. The molecule has 0 aromatic carbocycles. The summed E-state index contributed by atoms with van der Waals surface area (Å²) < 4.78 is 21.1. The minimum atomic E-state index is -0.650. The van der Waals surface area contributed by atoms with Crippen molar-refractivity contribution in [1.29, 1.82) is 5.26 Å². The van der Waals surface area contributed by atoms with Crippen molar-refractivity contribution in [3.63, 3.8) is 0 Å². The summed E-state index contributed by atoms with van der Waals surface area (Å²) >= 11 is 0. The number of rotatable bonds is 4. The second-order valence-electron chi connectivity index (χ2n) is 6.06. The third-order valence-electron chi connectivity index (χ3n) is 4.49. The van der Waals surface area contributed by atoms with Gasteiger partial charge in [-0.2, -0.15) is 5.26 Å². The van der Waals surface area contributed by atoms with Crippen LogP contribution in [-0.2, 0) is 4.74 Å². The second-order valence-corrected chi connectivity index (χ2v) is 6.06. The fourth-order valence-corrected chi connectivity index (χ4v) is 2.91. The summed E-state index contributed by atoms with van der Waals surface area (Å²) in [6, 6.07) is 1.71. The van der Waals surface area contributed by atoms with Gasteiger partial charge >= 0.3 is 0 Å². The molecule has 0 spiro atoms. The van der Waals surface area contributed by atoms with Gasteiger partial charge in [-0.3, -0.25) is 0 Å². The van der Waals surface area contributed by atoms with Crippen LogP contribution in [0.5, 0.6) is 0 Å². The summed E-state index contributed by atoms with van der Waals surface area (Å²) in [7, 11) is 0. The van der Waals surface area contributed by atoms with E-state index in [1.54, 1.807) is 0 Å². The van der Waals surface area contributed by atoms with Crippen LogP contribution in [-0.4, -0.2) is 45.1 Å². The normalized spacial score (nSPS) is 22.3. The first-order valence-electron chi connectivity index (χ1n) is 8.06. The summed E-state index contributed by atoms with van der Waals surface area (Å²) in [5.41, 5.74) is 0.743. The number of hydrogen-bond donors (Lipinski definition) is 2. The van der Waals surface area contributed by atoms with Gasteiger partial charge in [-0.05, 0) is 18.8 Å². The topological polar surface area (TPSA) is 95.5 Å². The van der Waals surface area contributed by atoms with E-state index in [9.17, 15) is 14.8 Å². The van der Waals surface area contributed by atoms with Gasteiger partial charge in [0.15, 0.2) is 5.82 Å². The molecule has 3 heterocycles. The first-order valence-corrected chi connectivity index (χ1v) is 8.06. The molecule has 2 N–H and O–H groups in total. The van der Waals surface area contributed by atoms with Gasteiger partial charge in [0.2, 0.25) is 5.95 Å². The molecule has 1 saturated heterocycles. The monoisotopic (exact) mass is 333 g/mol. The molecule has 128 valence electrons. The van der Waals surface area contributed by atoms with Gasteiger partial charge in [0.25, 0.3) is 0 Å². The SMILES string of the molecule is CCC(C)c1c(C#N)c(F)c2cnc(N[C@@H]3CCOC[C@H]3O)nn12. The van der Waals surface area contributed by atoms with Crippen LogP contribution in [0.1, 0.15) is 43.9 Å². The van der Waals surface area contributed by atoms with Crippen molar-refractivity contribution in [3.05, 3.63) is 23.3 Å². The summed E-state index contributed by atoms with van der Waals surface area (Å²) in [6.07, 6.45) is 2.10. The van der Waals surface area contributed by atoms with E-state index in [0.717, 1.165) is 6.42 Å². The number of halogens is 1. The number of ether oxygens (including phenoxy) is 1. The predicted molar refractivity (Wildman–Crippen MR) is 85.2 cm³/mol. The fraction of sp³-hybridized carbons (Fsp3) is 0.562. The Bertz CT molecular complexity index is 785. The molecule has 2 aromatic heterocycles. The van der Waals surface area contributed by atoms with E-state index in [2.05, 4.69) is 15.4 Å². The van der Waals surface area contributed by atoms with Gasteiger partial charge < -0.3 is 15.2 Å². The molecular weight excluding hydrogens is 313 g/mol. The van der Waals surface area contributed by atoms with Crippen LogP contribution in [0.3, 0.4) is 0 Å². The lowest BCUT2D eigenvalue weighted by molar-refractivity contribution is -0.0136. The first-order chi connectivity index (χ1) is 11.6. The van der Waals surface area contributed by atoms with E-state index in [-0.39, 0.29) is 35.6 Å². The van der Waals surface area contributed by atoms with E-state index >= 15 is 0 Å². The third-order valence-corrected chi connectivity index (χ3v) is 4.49. The van der Waals surface area contributed by atoms with Gasteiger partial charge in [-0.15, -0.1) is 5.10 Å². The van der Waals surface area contributed by atoms with Gasteiger partial charge in [-0.25, -0.2) is 13.9 Å². The van der Waals surface area contributed by atoms with Crippen molar-refractivity contribution < 1.29 is 14.2 Å². The molecule has 0 bridgehead atoms. The van der Waals surface area contributed by atoms with E-state index in [1.165, 1.54) is 10.7 Å². The number of anilines is 1. The minimum Gasteiger partial charge on any atom is -0.389 e. The van der Waals surface area contributed by atoms with Crippen molar-refractivity contribution >= 4 is 11.5 Å². The zero-order valence-electron chi connectivity index (χ0n) is 13.7. The van der Waals surface area contributed by atoms with Gasteiger partial charge in [0.05, 0.1) is 30.6 Å². The lowest BCUT2D eigenvalue weighted by Crippen LogP contribution is -2.42. The van der Waals surface area contributed by atoms with Gasteiger partial charge in [0, 0.05) is 6.61 Å². The molecule has 0 amide bonds. The van der Waals surface area contributed by atoms with Crippen molar-refractivity contribution in [2.24, 2.45) is 0 Å². The summed E-state index contributed by atoms with van der Waals surface area (Å²) in [6.45, 7) is 4.71. The van der Waals surface area contributed by atoms with Crippen molar-refractivity contribution in [1.82, 2.24) is 14.6 Å². The molecule has 3 atom stereocenters. The molecule has 1 unspecified atom stereocenters. The number of nitriles is 1. The Balaban J connectivity index is 2.02. The number of aliphatic hydroxyl groups excluding tert-OH is 1. The number of nitrogens with one attached hydrogen (secondary N) is 1. The molecule has 2 aromatic rings. The lowest BCUT2D eigenvalue weighted by Gasteiger charge is -2.28. The largest absolute Gasteiger partial charge is 0.389 e. The molecule has 0 radical (unpaired) electrons. The standard InChI is InChI=1S/C16H20FN5O2/c1-3-9(2)15-10(6-18)14(17)12-7-19-16(21-22(12)15)20-11-4-5-24-8-13(11)23/h7,9,11,13,23H,3-5,8H2,1-2H3,(H,20,21)/t9?,11-,13-/m1/s1. The van der Waals surface area contributed by atoms with Crippen LogP contribution in [0.2, 0.25) is 0 Å². The lowest BCUT2D eigenvalue weighted by atomic mass is 10.0. The number of fused-ring (bicyclic) bond motifs is 1. The highest BCUT2D eigenvalue weighted by molar-refractivity contribution is 5.58. The highest BCUT2D eigenvalue weighted by atomic mass is 19.1. The van der Waals surface area contributed by atoms with Crippen molar-refractivity contribution in [2.75, 3.05) is 18.5 Å². The molecule has 1 fully saturated rings. The number of aromatic nitrogens is 3. The van der Waals surface area contributed by atoms with E-state index < -0.39 is 11.9 Å². The van der Waals surface area contributed by atoms with Gasteiger partial charge in [0.1, 0.15) is 17.1 Å². The Morgan fingerprint density at radius 1 is 1.62 bits per heavy atom. The Hall–Kier alpha value is -2.24. The minimum absolute atomic E-state index is 0.0156. The van der Waals surface area contributed by atoms with Crippen LogP contribution >= 0.6 is 0 Å². The molecule has 1 aliphatic rings. The molecule has 8 heteroatoms. The maximum absolute atomic E-state index is 14.4. The Morgan fingerprint density at radius 2 is 2.42 bits per heavy atom. The van der Waals surface area contributed by atoms with Crippen LogP contribution in [0.25, 0.3) is 5.52 Å². The molecule has 0 saturated carbocycles. The Kier molecular flexibility index (Phi) is 4.64. The van der Waals surface area contributed by atoms with Gasteiger partial charge in [-0.1, -0.05) is 13.8 Å². The second kappa shape index (κ2) is 6.71. The predicted octanol–water partition coefficient (Wildman–Crippen LogP) is 1.82. The number of nitrogens with zero attached hydrogens (tertiary/aromatic N) is 4. The Labute approximate surface area is 139 Å². The Morgan fingerprint density at radius 3 is 3.08 bits per heavy atom. The maximum Gasteiger partial charge on any atom is 0.241 e. The van der Waals surface area contributed by atoms with Crippen LogP contribution in [0.15, 0.2) is 6.20 Å². The smallest absolute Gasteiger partial charge is 0.241 e. The molecule has 24 heavy (non-hydrogen) atoms. The number of hydrogen-bond acceptors (Lipinski definition) is 6. The zero-order valence-corrected chi connectivity index (χ0v) is 13.7. The maximum atomic E-state index is 14.4. The molecule has 1 aliphatic heterocycles. The third kappa shape index (κ3) is 2.81. The van der Waals surface area contributed by atoms with Crippen molar-refractivity contribution in [3.8, 4) is 6.07 Å². The van der Waals surface area contributed by atoms with E-state index in [0.29, 0.717) is 18.7 Å². The summed E-state index contributed by atoms with van der Waals surface area (Å²) in [5.74, 6) is -0.323. The van der Waals surface area contributed by atoms with E-state index in [4.69, 9.17) is 4.74 Å². The average molecular weight is 333 g/mol. The quantitative estimate of drug-likeness (QED) is 0.886. The van der Waals surface area contributed by atoms with Crippen LogP contribution in [0.4, 0.5) is 10.3 Å². The van der Waals surface area contributed by atoms with Crippen molar-refractivity contribution in [2.45, 2.75) is 44.8 Å². The van der Waals surface area contributed by atoms with E-state index in [1.807, 2.05) is 19.9 Å². The highest BCUT2D eigenvalue weighted by Crippen LogP contribution is 2.29. The van der Waals surface area contributed by atoms with Crippen LogP contribution in [0, 0.1) is 17.1 Å². The molecule has 0 aliphatic carbocycles. The average Bonchev–Trinajstić information content (AvgIpc) is 2.88. The first kappa shape index (κ1) is 16.6. The summed E-state index contributed by atoms with van der Waals surface area (Å²) in [5, 5.41) is 26.7. The summed E-state index contributed by atoms with van der Waals surface area (Å²) in [4.78, 5) is 4.13. The number of aliphatic hydroxyl groups is 1. The van der Waals surface area contributed by atoms with Crippen LogP contribution < -0.4 is 5.32 Å². The highest BCUT2D eigenvalue weighted by Gasteiger charge is 2.26. The molecule has 7 nitrogen and oxygen atoms in total. The zero-order chi connectivity index (χ0) is 17.3. The molecular formula is C16H20FN5O2.